The molecule has 0 radical (unpaired) electrons. The summed E-state index contributed by atoms with van der Waals surface area (Å²) in [4.78, 5) is 20.1. The molecule has 0 unspecified atom stereocenters. The Morgan fingerprint density at radius 2 is 1.69 bits per heavy atom. The number of hydrogen-bond donors (Lipinski definition) is 1. The first-order valence-electron chi connectivity index (χ1n) is 5.32. The zero-order valence-corrected chi connectivity index (χ0v) is 11.3. The number of amides is 1. The summed E-state index contributed by atoms with van der Waals surface area (Å²) in [5, 5.41) is 2.25. The Hall–Kier alpha value is -1.10. The van der Waals surface area contributed by atoms with E-state index in [1.54, 1.807) is 14.0 Å². The van der Waals surface area contributed by atoms with Crippen molar-refractivity contribution in [2.45, 2.75) is 33.6 Å². The molecule has 0 fully saturated rings. The van der Waals surface area contributed by atoms with Crippen LogP contribution in [0.4, 0.5) is 4.79 Å². The van der Waals surface area contributed by atoms with Crippen molar-refractivity contribution in [1.82, 2.24) is 5.32 Å². The second-order valence-electron chi connectivity index (χ2n) is 2.54. The first-order valence-corrected chi connectivity index (χ1v) is 5.32. The topological polar surface area (TPSA) is 64.6 Å². The molecule has 5 nitrogen and oxygen atoms in total. The summed E-state index contributed by atoms with van der Waals surface area (Å²) >= 11 is 0. The molecule has 0 aliphatic rings. The van der Waals surface area contributed by atoms with Crippen LogP contribution in [0.1, 0.15) is 33.6 Å². The van der Waals surface area contributed by atoms with Gasteiger partial charge in [-0.15, -0.1) is 0 Å². The highest BCUT2D eigenvalue weighted by molar-refractivity contribution is 5.75. The van der Waals surface area contributed by atoms with Crippen LogP contribution in [0.3, 0.4) is 0 Å². The lowest BCUT2D eigenvalue weighted by molar-refractivity contribution is -0.117. The van der Waals surface area contributed by atoms with Gasteiger partial charge in [-0.05, 0) is 13.3 Å². The second-order valence-corrected chi connectivity index (χ2v) is 2.54. The summed E-state index contributed by atoms with van der Waals surface area (Å²) < 4.78 is 8.89. The lowest BCUT2D eigenvalue weighted by Crippen LogP contribution is -2.16. The van der Waals surface area contributed by atoms with Gasteiger partial charge in [0.15, 0.2) is 0 Å². The van der Waals surface area contributed by atoms with Crippen LogP contribution in [0.15, 0.2) is 0 Å². The van der Waals surface area contributed by atoms with Crippen molar-refractivity contribution in [3.05, 3.63) is 0 Å². The number of Topliss-reactive ketones (excluding diaryl/α,β-unsaturated/α-hetero) is 1. The number of carbonyl (C=O) groups is 2. The van der Waals surface area contributed by atoms with Crippen molar-refractivity contribution in [3.63, 3.8) is 0 Å². The summed E-state index contributed by atoms with van der Waals surface area (Å²) in [5.41, 5.74) is 0. The molecule has 0 rings (SSSR count). The van der Waals surface area contributed by atoms with Crippen molar-refractivity contribution in [3.8, 4) is 0 Å². The van der Waals surface area contributed by atoms with Crippen LogP contribution in [-0.2, 0) is 14.3 Å². The Morgan fingerprint density at radius 3 is 1.88 bits per heavy atom. The van der Waals surface area contributed by atoms with Crippen LogP contribution in [0, 0.1) is 0 Å². The van der Waals surface area contributed by atoms with E-state index in [1.807, 2.05) is 13.8 Å². The van der Waals surface area contributed by atoms with E-state index in [-0.39, 0.29) is 5.78 Å². The quantitative estimate of drug-likeness (QED) is 0.757. The number of nitrogens with one attached hydrogen (secondary N) is 1. The fraction of sp³-hybridized carbons (Fsp3) is 0.818. The van der Waals surface area contributed by atoms with E-state index < -0.39 is 6.09 Å². The van der Waals surface area contributed by atoms with Gasteiger partial charge < -0.3 is 19.6 Å². The Morgan fingerprint density at radius 1 is 1.19 bits per heavy atom. The first kappa shape index (κ1) is 20.3. The van der Waals surface area contributed by atoms with Gasteiger partial charge in [0.1, 0.15) is 5.78 Å². The molecule has 0 aliphatic heterocycles. The third-order valence-electron chi connectivity index (χ3n) is 1.27. The molecule has 98 valence electrons. The van der Waals surface area contributed by atoms with E-state index in [2.05, 4.69) is 10.1 Å². The van der Waals surface area contributed by atoms with Gasteiger partial charge in [0, 0.05) is 27.2 Å². The predicted molar refractivity (Wildman–Crippen MR) is 64.6 cm³/mol. The molecule has 0 atom stereocenters. The smallest absolute Gasteiger partial charge is 0.406 e. The summed E-state index contributed by atoms with van der Waals surface area (Å²) in [6, 6.07) is 0. The molecule has 0 aromatic carbocycles. The third kappa shape index (κ3) is 29.3. The predicted octanol–water partition coefficient (Wildman–Crippen LogP) is 2.00. The summed E-state index contributed by atoms with van der Waals surface area (Å²) in [6.07, 6.45) is 1.09. The van der Waals surface area contributed by atoms with Crippen molar-refractivity contribution < 1.29 is 19.1 Å². The lowest BCUT2D eigenvalue weighted by atomic mass is 10.2. The fourth-order valence-corrected chi connectivity index (χ4v) is 0.568. The first-order chi connectivity index (χ1) is 7.58. The number of carbonyl (C=O) groups excluding carboxylic acids is 2. The second kappa shape index (κ2) is 19.5. The van der Waals surface area contributed by atoms with E-state index in [0.717, 1.165) is 6.42 Å². The highest BCUT2D eigenvalue weighted by Crippen LogP contribution is 1.88. The maximum Gasteiger partial charge on any atom is 0.406 e. The minimum absolute atomic E-state index is 0.238. The zero-order valence-electron chi connectivity index (χ0n) is 11.3. The molecular formula is C11H25NO4. The number of hydrogen-bond acceptors (Lipinski definition) is 4. The number of methoxy groups -OCH3 is 2. The average Bonchev–Trinajstić information content (AvgIpc) is 2.31. The molecule has 0 saturated heterocycles. The van der Waals surface area contributed by atoms with Gasteiger partial charge in [0.25, 0.3) is 0 Å². The van der Waals surface area contributed by atoms with Gasteiger partial charge in [-0.1, -0.05) is 13.8 Å². The molecule has 0 aromatic rings. The zero-order chi connectivity index (χ0) is 13.4. The highest BCUT2D eigenvalue weighted by atomic mass is 16.5. The summed E-state index contributed by atoms with van der Waals surface area (Å²) in [5.74, 6) is 0.238. The molecule has 5 heteroatoms. The standard InChI is InChI=1S/C6H12O2.C3H7NO2.C2H6/c1-6(7)4-3-5-8-2;1-4-3(5)6-2;1-2/h3-5H2,1-2H3;1-2H3,(H,4,5);1-2H3. The van der Waals surface area contributed by atoms with Crippen molar-refractivity contribution in [2.75, 3.05) is 27.9 Å². The molecule has 0 aliphatic carbocycles. The summed E-state index contributed by atoms with van der Waals surface area (Å²) in [6.45, 7) is 6.29. The molecule has 0 bridgehead atoms. The van der Waals surface area contributed by atoms with Gasteiger partial charge in [-0.25, -0.2) is 4.79 Å². The highest BCUT2D eigenvalue weighted by Gasteiger charge is 1.90. The number of rotatable bonds is 4. The van der Waals surface area contributed by atoms with E-state index in [9.17, 15) is 9.59 Å². The van der Waals surface area contributed by atoms with Crippen LogP contribution in [-0.4, -0.2) is 39.8 Å². The normalized spacial score (nSPS) is 7.62. The van der Waals surface area contributed by atoms with Crippen LogP contribution >= 0.6 is 0 Å². The number of ether oxygens (including phenoxy) is 2. The maximum absolute atomic E-state index is 10.3. The van der Waals surface area contributed by atoms with E-state index in [0.29, 0.717) is 13.0 Å². The van der Waals surface area contributed by atoms with Crippen LogP contribution in [0.5, 0.6) is 0 Å². The number of alkyl carbamates (subject to hydrolysis) is 1. The Balaban J connectivity index is -0.000000188. The van der Waals surface area contributed by atoms with Gasteiger partial charge in [0.2, 0.25) is 0 Å². The van der Waals surface area contributed by atoms with Gasteiger partial charge in [-0.2, -0.15) is 0 Å². The van der Waals surface area contributed by atoms with Crippen molar-refractivity contribution in [1.29, 1.82) is 0 Å². The Bertz CT molecular complexity index is 154. The number of ketones is 1. The van der Waals surface area contributed by atoms with Gasteiger partial charge >= 0.3 is 6.09 Å². The Kier molecular flexibility index (Phi) is 24.7. The largest absolute Gasteiger partial charge is 0.453 e. The molecule has 0 spiro atoms. The maximum atomic E-state index is 10.3. The molecule has 0 heterocycles. The third-order valence-corrected chi connectivity index (χ3v) is 1.27. The monoisotopic (exact) mass is 235 g/mol. The van der Waals surface area contributed by atoms with Crippen molar-refractivity contribution in [2.24, 2.45) is 0 Å². The van der Waals surface area contributed by atoms with E-state index in [1.165, 1.54) is 14.2 Å². The van der Waals surface area contributed by atoms with E-state index >= 15 is 0 Å². The lowest BCUT2D eigenvalue weighted by Gasteiger charge is -1.92. The minimum Gasteiger partial charge on any atom is -0.453 e. The van der Waals surface area contributed by atoms with E-state index in [4.69, 9.17) is 4.74 Å². The fourth-order valence-electron chi connectivity index (χ4n) is 0.568. The van der Waals surface area contributed by atoms with Crippen molar-refractivity contribution >= 4 is 11.9 Å². The van der Waals surface area contributed by atoms with Gasteiger partial charge in [-0.3, -0.25) is 0 Å². The van der Waals surface area contributed by atoms with Crippen LogP contribution in [0.2, 0.25) is 0 Å². The summed E-state index contributed by atoms with van der Waals surface area (Å²) in [7, 11) is 4.46. The molecule has 1 amide bonds. The molecule has 16 heavy (non-hydrogen) atoms. The molecule has 0 aromatic heterocycles. The minimum atomic E-state index is -0.407. The average molecular weight is 235 g/mol. The molecule has 1 N–H and O–H groups in total. The molecular weight excluding hydrogens is 210 g/mol. The van der Waals surface area contributed by atoms with Crippen LogP contribution < -0.4 is 5.32 Å². The Labute approximate surface area is 98.5 Å². The SMILES string of the molecule is CC.CNC(=O)OC.COCCCC(C)=O. The van der Waals surface area contributed by atoms with Gasteiger partial charge in [0.05, 0.1) is 7.11 Å². The van der Waals surface area contributed by atoms with Crippen LogP contribution in [0.25, 0.3) is 0 Å². The molecule has 0 saturated carbocycles.